The molecule has 2 fully saturated rings. The molecule has 2 saturated carbocycles. The van der Waals surface area contributed by atoms with E-state index in [9.17, 15) is 0 Å². The van der Waals surface area contributed by atoms with Gasteiger partial charge in [0.15, 0.2) is 0 Å². The lowest BCUT2D eigenvalue weighted by molar-refractivity contribution is 0.234. The number of rotatable bonds is 8. The Kier molecular flexibility index (Phi) is 9.06. The highest BCUT2D eigenvalue weighted by molar-refractivity contribution is 7.98. The van der Waals surface area contributed by atoms with Crippen LogP contribution in [0.1, 0.15) is 95.2 Å². The van der Waals surface area contributed by atoms with E-state index in [0.717, 1.165) is 11.5 Å². The van der Waals surface area contributed by atoms with Crippen LogP contribution in [0.4, 0.5) is 5.69 Å². The van der Waals surface area contributed by atoms with Crippen molar-refractivity contribution in [3.63, 3.8) is 0 Å². The highest BCUT2D eigenvalue weighted by Gasteiger charge is 2.31. The van der Waals surface area contributed by atoms with Gasteiger partial charge in [-0.1, -0.05) is 59.1 Å². The van der Waals surface area contributed by atoms with Gasteiger partial charge in [0.1, 0.15) is 0 Å². The molecule has 0 amide bonds. The number of hydrogen-bond acceptors (Lipinski definition) is 3. The fourth-order valence-corrected chi connectivity index (χ4v) is 5.11. The fourth-order valence-electron chi connectivity index (χ4n) is 4.17. The molecule has 2 nitrogen and oxygen atoms in total. The summed E-state index contributed by atoms with van der Waals surface area (Å²) in [6, 6.07) is 2.89. The van der Waals surface area contributed by atoms with Crippen LogP contribution in [-0.4, -0.2) is 18.5 Å². The van der Waals surface area contributed by atoms with E-state index in [1.54, 1.807) is 6.21 Å². The maximum atomic E-state index is 7.90. The van der Waals surface area contributed by atoms with Gasteiger partial charge in [-0.15, -0.1) is 24.9 Å². The van der Waals surface area contributed by atoms with Gasteiger partial charge in [0.2, 0.25) is 0 Å². The molecule has 0 heterocycles. The van der Waals surface area contributed by atoms with Crippen LogP contribution in [-0.2, 0) is 0 Å². The van der Waals surface area contributed by atoms with E-state index in [2.05, 4.69) is 65.4 Å². The molecule has 1 aromatic carbocycles. The molecule has 0 atom stereocenters. The molecule has 0 radical (unpaired) electrons. The van der Waals surface area contributed by atoms with Gasteiger partial charge in [-0.3, -0.25) is 0 Å². The van der Waals surface area contributed by atoms with E-state index in [-0.39, 0.29) is 10.8 Å². The number of benzene rings is 1. The van der Waals surface area contributed by atoms with Gasteiger partial charge >= 0.3 is 0 Å². The molecule has 31 heavy (non-hydrogen) atoms. The van der Waals surface area contributed by atoms with E-state index >= 15 is 0 Å². The lowest BCUT2D eigenvalue weighted by Crippen LogP contribution is -2.27. The minimum atomic E-state index is 0.134. The first kappa shape index (κ1) is 25.8. The number of nitrogens with one attached hydrogen (secondary N) is 2. The third kappa shape index (κ3) is 6.28. The summed E-state index contributed by atoms with van der Waals surface area (Å²) in [6.45, 7) is 18.5. The second-order valence-corrected chi connectivity index (χ2v) is 11.2. The van der Waals surface area contributed by atoms with Gasteiger partial charge in [-0.25, -0.2) is 0 Å². The average molecular weight is 441 g/mol. The van der Waals surface area contributed by atoms with E-state index in [0.29, 0.717) is 6.04 Å². The fraction of sp³-hybridized carbons (Fsp3) is 0.607. The summed E-state index contributed by atoms with van der Waals surface area (Å²) in [7, 11) is 0. The van der Waals surface area contributed by atoms with Gasteiger partial charge < -0.3 is 10.7 Å². The van der Waals surface area contributed by atoms with E-state index in [1.165, 1.54) is 66.7 Å². The molecule has 2 N–H and O–H groups in total. The summed E-state index contributed by atoms with van der Waals surface area (Å²) in [5, 5.41) is 11.6. The van der Waals surface area contributed by atoms with Crippen LogP contribution in [0.3, 0.4) is 0 Å². The van der Waals surface area contributed by atoms with Gasteiger partial charge in [-0.2, -0.15) is 0 Å². The molecule has 0 spiro atoms. The number of aryl methyl sites for hydroxylation is 1. The Morgan fingerprint density at radius 3 is 1.97 bits per heavy atom. The van der Waals surface area contributed by atoms with Crippen molar-refractivity contribution in [2.75, 3.05) is 11.6 Å². The molecule has 1 aromatic rings. The first-order valence-corrected chi connectivity index (χ1v) is 13.1. The third-order valence-corrected chi connectivity index (χ3v) is 8.39. The standard InChI is InChI=1S/C18H26N2S.C10H18/c1-12-10-16(20-14-6-4-3-5-7-14)15(11-19)18(21-2)17(12)13-8-9-13;1-7-9(3,4)10(5,6)8-2/h10-11,13-14,19-20H,3-9H2,1-2H3;7-8H,1-2H2,3-6H3. The Morgan fingerprint density at radius 1 is 1.00 bits per heavy atom. The van der Waals surface area contributed by atoms with E-state index < -0.39 is 0 Å². The molecule has 0 saturated heterocycles. The Balaban J connectivity index is 0.000000291. The summed E-state index contributed by atoms with van der Waals surface area (Å²) in [6.07, 6.45) is 16.9. The van der Waals surface area contributed by atoms with Crippen LogP contribution in [0.2, 0.25) is 0 Å². The predicted octanol–water partition coefficient (Wildman–Crippen LogP) is 8.75. The smallest absolute Gasteiger partial charge is 0.0445 e. The molecule has 0 aliphatic heterocycles. The largest absolute Gasteiger partial charge is 0.382 e. The Bertz CT molecular complexity index is 763. The molecule has 172 valence electrons. The Hall–Kier alpha value is -1.48. The number of hydrogen-bond donors (Lipinski definition) is 2. The molecule has 2 aliphatic rings. The van der Waals surface area contributed by atoms with Crippen molar-refractivity contribution in [1.29, 1.82) is 5.41 Å². The zero-order valence-electron chi connectivity index (χ0n) is 20.7. The van der Waals surface area contributed by atoms with Crippen molar-refractivity contribution in [3.05, 3.63) is 48.1 Å². The number of anilines is 1. The molecular weight excluding hydrogens is 396 g/mol. The number of thioether (sulfide) groups is 1. The molecule has 0 unspecified atom stereocenters. The molecule has 3 heteroatoms. The van der Waals surface area contributed by atoms with Crippen molar-refractivity contribution < 1.29 is 0 Å². The Morgan fingerprint density at radius 2 is 1.55 bits per heavy atom. The topological polar surface area (TPSA) is 35.9 Å². The van der Waals surface area contributed by atoms with Crippen molar-refractivity contribution in [1.82, 2.24) is 0 Å². The van der Waals surface area contributed by atoms with Gasteiger partial charge in [-0.05, 0) is 72.8 Å². The third-order valence-electron chi connectivity index (χ3n) is 7.55. The molecule has 2 aliphatic carbocycles. The van der Waals surface area contributed by atoms with Crippen LogP contribution in [0.25, 0.3) is 0 Å². The summed E-state index contributed by atoms with van der Waals surface area (Å²) in [4.78, 5) is 1.34. The maximum Gasteiger partial charge on any atom is 0.0445 e. The summed E-state index contributed by atoms with van der Waals surface area (Å²) >= 11 is 1.81. The van der Waals surface area contributed by atoms with Crippen molar-refractivity contribution in [2.45, 2.75) is 96.4 Å². The summed E-state index contributed by atoms with van der Waals surface area (Å²) in [5.74, 6) is 0.745. The second kappa shape index (κ2) is 10.9. The highest BCUT2D eigenvalue weighted by Crippen LogP contribution is 2.48. The van der Waals surface area contributed by atoms with Crippen molar-refractivity contribution in [2.24, 2.45) is 10.8 Å². The SMILES string of the molecule is C=CC(C)(C)C(C)(C)C=C.CSc1c(C=N)c(NC2CCCCC2)cc(C)c1C1CC1. The molecule has 0 aromatic heterocycles. The minimum absolute atomic E-state index is 0.134. The van der Waals surface area contributed by atoms with Crippen LogP contribution < -0.4 is 5.32 Å². The lowest BCUT2D eigenvalue weighted by atomic mass is 9.68. The molecular formula is C28H44N2S. The summed E-state index contributed by atoms with van der Waals surface area (Å²) < 4.78 is 0. The van der Waals surface area contributed by atoms with Gasteiger partial charge in [0.05, 0.1) is 0 Å². The zero-order chi connectivity index (χ0) is 23.2. The van der Waals surface area contributed by atoms with Crippen molar-refractivity contribution in [3.8, 4) is 0 Å². The first-order valence-electron chi connectivity index (χ1n) is 11.9. The number of allylic oxidation sites excluding steroid dienone is 2. The van der Waals surface area contributed by atoms with Gasteiger partial charge in [0, 0.05) is 28.4 Å². The van der Waals surface area contributed by atoms with Crippen LogP contribution in [0.5, 0.6) is 0 Å². The minimum Gasteiger partial charge on any atom is -0.382 e. The quantitative estimate of drug-likeness (QED) is 0.241. The van der Waals surface area contributed by atoms with Crippen LogP contribution in [0, 0.1) is 23.2 Å². The monoisotopic (exact) mass is 440 g/mol. The maximum absolute atomic E-state index is 7.90. The highest BCUT2D eigenvalue weighted by atomic mass is 32.2. The Labute approximate surface area is 195 Å². The summed E-state index contributed by atoms with van der Waals surface area (Å²) in [5.41, 5.74) is 5.48. The lowest BCUT2D eigenvalue weighted by Gasteiger charge is -2.36. The molecule has 0 bridgehead atoms. The van der Waals surface area contributed by atoms with Crippen LogP contribution >= 0.6 is 11.8 Å². The zero-order valence-corrected chi connectivity index (χ0v) is 21.6. The van der Waals surface area contributed by atoms with Crippen LogP contribution in [0.15, 0.2) is 36.3 Å². The van der Waals surface area contributed by atoms with E-state index in [4.69, 9.17) is 5.41 Å². The first-order chi connectivity index (χ1) is 14.6. The molecule has 3 rings (SSSR count). The van der Waals surface area contributed by atoms with Crippen molar-refractivity contribution >= 4 is 23.7 Å². The normalized spacial score (nSPS) is 17.4. The second-order valence-electron chi connectivity index (χ2n) is 10.4. The predicted molar refractivity (Wildman–Crippen MR) is 141 cm³/mol. The van der Waals surface area contributed by atoms with Gasteiger partial charge in [0.25, 0.3) is 0 Å². The van der Waals surface area contributed by atoms with E-state index in [1.807, 2.05) is 23.9 Å². The average Bonchev–Trinajstić information content (AvgIpc) is 3.59.